The van der Waals surface area contributed by atoms with Crippen LogP contribution in [0.5, 0.6) is 11.8 Å². The van der Waals surface area contributed by atoms with Crippen LogP contribution in [-0.2, 0) is 5.88 Å². The van der Waals surface area contributed by atoms with Crippen molar-refractivity contribution >= 4 is 17.3 Å². The van der Waals surface area contributed by atoms with Crippen molar-refractivity contribution in [3.05, 3.63) is 51.8 Å². The van der Waals surface area contributed by atoms with Crippen molar-refractivity contribution in [1.29, 1.82) is 0 Å². The van der Waals surface area contributed by atoms with Crippen LogP contribution in [0.2, 0.25) is 0 Å². The third-order valence-corrected chi connectivity index (χ3v) is 2.73. The Morgan fingerprint density at radius 3 is 2.63 bits per heavy atom. The summed E-state index contributed by atoms with van der Waals surface area (Å²) in [5.74, 6) is 0.670. The predicted octanol–water partition coefficient (Wildman–Crippen LogP) is 3.22. The highest BCUT2D eigenvalue weighted by Crippen LogP contribution is 2.27. The summed E-state index contributed by atoms with van der Waals surface area (Å²) in [6.07, 6.45) is 3.09. The first kappa shape index (κ1) is 13.2. The number of benzene rings is 1. The van der Waals surface area contributed by atoms with Crippen LogP contribution in [0.1, 0.15) is 11.1 Å². The summed E-state index contributed by atoms with van der Waals surface area (Å²) in [5, 5.41) is 10.7. The molecule has 1 aromatic carbocycles. The molecule has 0 fully saturated rings. The highest BCUT2D eigenvalue weighted by atomic mass is 35.5. The fourth-order valence-electron chi connectivity index (χ4n) is 1.38. The number of ether oxygens (including phenoxy) is 1. The lowest BCUT2D eigenvalue weighted by atomic mass is 10.2. The van der Waals surface area contributed by atoms with Gasteiger partial charge in [-0.15, -0.1) is 11.6 Å². The lowest BCUT2D eigenvalue weighted by Crippen LogP contribution is -1.96. The molecule has 0 saturated heterocycles. The van der Waals surface area contributed by atoms with Gasteiger partial charge in [-0.25, -0.2) is 9.97 Å². The van der Waals surface area contributed by atoms with Crippen LogP contribution in [0.4, 0.5) is 5.69 Å². The van der Waals surface area contributed by atoms with E-state index in [0.717, 1.165) is 11.1 Å². The van der Waals surface area contributed by atoms with E-state index in [1.807, 2.05) is 0 Å². The standard InChI is InChI=1S/C12H10ClN3O3/c1-8-2-3-10(16(17)18)4-11(8)19-12-14-6-9(5-13)7-15-12/h2-4,6-7H,5H2,1H3. The molecule has 6 nitrogen and oxygen atoms in total. The van der Waals surface area contributed by atoms with Gasteiger partial charge in [0.05, 0.1) is 16.9 Å². The molecule has 19 heavy (non-hydrogen) atoms. The van der Waals surface area contributed by atoms with E-state index in [9.17, 15) is 10.1 Å². The predicted molar refractivity (Wildman–Crippen MR) is 69.5 cm³/mol. The summed E-state index contributed by atoms with van der Waals surface area (Å²) in [7, 11) is 0. The van der Waals surface area contributed by atoms with Crippen molar-refractivity contribution in [2.45, 2.75) is 12.8 Å². The van der Waals surface area contributed by atoms with Crippen molar-refractivity contribution in [1.82, 2.24) is 9.97 Å². The maximum Gasteiger partial charge on any atom is 0.321 e. The van der Waals surface area contributed by atoms with E-state index in [-0.39, 0.29) is 11.7 Å². The van der Waals surface area contributed by atoms with Crippen molar-refractivity contribution in [3.8, 4) is 11.8 Å². The highest BCUT2D eigenvalue weighted by Gasteiger charge is 2.11. The van der Waals surface area contributed by atoms with E-state index in [2.05, 4.69) is 9.97 Å². The lowest BCUT2D eigenvalue weighted by molar-refractivity contribution is -0.384. The van der Waals surface area contributed by atoms with Crippen LogP contribution < -0.4 is 4.74 Å². The number of alkyl halides is 1. The summed E-state index contributed by atoms with van der Waals surface area (Å²) in [6.45, 7) is 1.78. The average Bonchev–Trinajstić information content (AvgIpc) is 2.42. The van der Waals surface area contributed by atoms with Gasteiger partial charge in [-0.3, -0.25) is 10.1 Å². The van der Waals surface area contributed by atoms with E-state index < -0.39 is 4.92 Å². The molecule has 1 aromatic heterocycles. The molecule has 0 unspecified atom stereocenters. The normalized spacial score (nSPS) is 10.2. The molecule has 0 aliphatic rings. The Kier molecular flexibility index (Phi) is 3.91. The molecule has 0 spiro atoms. The lowest BCUT2D eigenvalue weighted by Gasteiger charge is -2.06. The molecule has 1 heterocycles. The molecule has 0 amide bonds. The quantitative estimate of drug-likeness (QED) is 0.488. The van der Waals surface area contributed by atoms with Gasteiger partial charge in [0.1, 0.15) is 5.75 Å². The third kappa shape index (κ3) is 3.17. The van der Waals surface area contributed by atoms with Crippen LogP contribution in [-0.4, -0.2) is 14.9 Å². The second kappa shape index (κ2) is 5.62. The van der Waals surface area contributed by atoms with E-state index in [0.29, 0.717) is 11.6 Å². The SMILES string of the molecule is Cc1ccc([N+](=O)[O-])cc1Oc1ncc(CCl)cn1. The van der Waals surface area contributed by atoms with Crippen molar-refractivity contribution in [2.24, 2.45) is 0 Å². The van der Waals surface area contributed by atoms with Crippen LogP contribution in [0.15, 0.2) is 30.6 Å². The maximum absolute atomic E-state index is 10.7. The first-order valence-electron chi connectivity index (χ1n) is 5.40. The summed E-state index contributed by atoms with van der Waals surface area (Å²) < 4.78 is 5.43. The number of nitrogens with zero attached hydrogens (tertiary/aromatic N) is 3. The molecule has 0 atom stereocenters. The third-order valence-electron chi connectivity index (χ3n) is 2.42. The topological polar surface area (TPSA) is 78.2 Å². The highest BCUT2D eigenvalue weighted by molar-refractivity contribution is 6.17. The molecule has 0 aliphatic carbocycles. The zero-order valence-corrected chi connectivity index (χ0v) is 10.8. The Balaban J connectivity index is 2.26. The van der Waals surface area contributed by atoms with Gasteiger partial charge < -0.3 is 4.74 Å². The fourth-order valence-corrected chi connectivity index (χ4v) is 1.51. The number of hydrogen-bond acceptors (Lipinski definition) is 5. The maximum atomic E-state index is 10.7. The zero-order chi connectivity index (χ0) is 13.8. The zero-order valence-electron chi connectivity index (χ0n) is 10.0. The molecule has 2 rings (SSSR count). The molecule has 0 bridgehead atoms. The Morgan fingerprint density at radius 1 is 1.37 bits per heavy atom. The van der Waals surface area contributed by atoms with Crippen molar-refractivity contribution in [3.63, 3.8) is 0 Å². The molecule has 98 valence electrons. The van der Waals surface area contributed by atoms with Crippen LogP contribution in [0.25, 0.3) is 0 Å². The first-order valence-corrected chi connectivity index (χ1v) is 5.93. The Bertz CT molecular complexity index is 602. The first-order chi connectivity index (χ1) is 9.10. The number of aromatic nitrogens is 2. The number of non-ortho nitro benzene ring substituents is 1. The Hall–Kier alpha value is -2.21. The summed E-state index contributed by atoms with van der Waals surface area (Å²) in [6, 6.07) is 4.49. The molecule has 2 aromatic rings. The van der Waals surface area contributed by atoms with Gasteiger partial charge in [0.15, 0.2) is 0 Å². The Morgan fingerprint density at radius 2 is 2.05 bits per heavy atom. The number of aryl methyl sites for hydroxylation is 1. The van der Waals surface area contributed by atoms with Gasteiger partial charge in [-0.1, -0.05) is 0 Å². The smallest absolute Gasteiger partial charge is 0.321 e. The Labute approximate surface area is 114 Å². The van der Waals surface area contributed by atoms with Crippen LogP contribution in [0.3, 0.4) is 0 Å². The molecule has 7 heteroatoms. The minimum Gasteiger partial charge on any atom is -0.424 e. The molecular weight excluding hydrogens is 270 g/mol. The van der Waals surface area contributed by atoms with Gasteiger partial charge in [0.2, 0.25) is 0 Å². The summed E-state index contributed by atoms with van der Waals surface area (Å²) >= 11 is 5.62. The number of nitro groups is 1. The molecule has 0 saturated carbocycles. The van der Waals surface area contributed by atoms with Gasteiger partial charge in [0.25, 0.3) is 5.69 Å². The van der Waals surface area contributed by atoms with E-state index in [4.69, 9.17) is 16.3 Å². The van der Waals surface area contributed by atoms with E-state index in [1.165, 1.54) is 12.1 Å². The van der Waals surface area contributed by atoms with Crippen LogP contribution in [0, 0.1) is 17.0 Å². The second-order valence-electron chi connectivity index (χ2n) is 3.82. The largest absolute Gasteiger partial charge is 0.424 e. The van der Waals surface area contributed by atoms with Gasteiger partial charge >= 0.3 is 6.01 Å². The molecule has 0 radical (unpaired) electrons. The number of hydrogen-bond donors (Lipinski definition) is 0. The average molecular weight is 280 g/mol. The van der Waals surface area contributed by atoms with Gasteiger partial charge in [0, 0.05) is 24.0 Å². The number of halogens is 1. The molecule has 0 N–H and O–H groups in total. The van der Waals surface area contributed by atoms with E-state index in [1.54, 1.807) is 25.4 Å². The van der Waals surface area contributed by atoms with Gasteiger partial charge in [-0.05, 0) is 18.6 Å². The number of nitro benzene ring substituents is 1. The molecule has 0 aliphatic heterocycles. The van der Waals surface area contributed by atoms with Crippen molar-refractivity contribution in [2.75, 3.05) is 0 Å². The summed E-state index contributed by atoms with van der Waals surface area (Å²) in [5.41, 5.74) is 1.48. The van der Waals surface area contributed by atoms with Crippen molar-refractivity contribution < 1.29 is 9.66 Å². The van der Waals surface area contributed by atoms with E-state index >= 15 is 0 Å². The minimum atomic E-state index is -0.482. The fraction of sp³-hybridized carbons (Fsp3) is 0.167. The summed E-state index contributed by atoms with van der Waals surface area (Å²) in [4.78, 5) is 18.2. The second-order valence-corrected chi connectivity index (χ2v) is 4.08. The molecular formula is C12H10ClN3O3. The van der Waals surface area contributed by atoms with Gasteiger partial charge in [-0.2, -0.15) is 0 Å². The number of rotatable bonds is 4. The monoisotopic (exact) mass is 279 g/mol. The van der Waals surface area contributed by atoms with Crippen LogP contribution >= 0.6 is 11.6 Å². The minimum absolute atomic E-state index is 0.0435.